The van der Waals surface area contributed by atoms with Crippen LogP contribution in [0.25, 0.3) is 0 Å². The summed E-state index contributed by atoms with van der Waals surface area (Å²) in [6, 6.07) is 0. The van der Waals surface area contributed by atoms with Crippen molar-refractivity contribution in [3.05, 3.63) is 24.3 Å². The van der Waals surface area contributed by atoms with E-state index in [-0.39, 0.29) is 12.2 Å². The third-order valence-electron chi connectivity index (χ3n) is 5.17. The van der Waals surface area contributed by atoms with E-state index in [1.54, 1.807) is 0 Å². The van der Waals surface area contributed by atoms with Gasteiger partial charge < -0.3 is 5.11 Å². The van der Waals surface area contributed by atoms with E-state index in [9.17, 15) is 4.79 Å². The highest BCUT2D eigenvalue weighted by Gasteiger charge is 2.49. The molecule has 2 fully saturated rings. The van der Waals surface area contributed by atoms with Crippen molar-refractivity contribution in [1.82, 2.24) is 0 Å². The molecule has 2 aliphatic rings. The SMILES string of the molecule is CCC=CC[C@H]1[C@H](CC=CCCCCCCC(=O)O)[C@H]2C[C@H]1OO2. The molecule has 0 radical (unpaired) electrons. The van der Waals surface area contributed by atoms with Gasteiger partial charge in [0.2, 0.25) is 0 Å². The van der Waals surface area contributed by atoms with E-state index in [0.29, 0.717) is 18.3 Å². The second-order valence-corrected chi connectivity index (χ2v) is 7.00. The quantitative estimate of drug-likeness (QED) is 0.308. The van der Waals surface area contributed by atoms with Gasteiger partial charge in [-0.05, 0) is 50.4 Å². The zero-order valence-corrected chi connectivity index (χ0v) is 14.9. The van der Waals surface area contributed by atoms with Gasteiger partial charge in [0.1, 0.15) is 0 Å². The smallest absolute Gasteiger partial charge is 0.303 e. The van der Waals surface area contributed by atoms with Gasteiger partial charge in [-0.3, -0.25) is 4.79 Å². The number of carboxylic acid groups (broad SMARTS) is 1. The molecule has 0 amide bonds. The summed E-state index contributed by atoms with van der Waals surface area (Å²) in [5, 5.41) is 8.59. The number of carboxylic acids is 1. The molecule has 1 N–H and O–H groups in total. The Morgan fingerprint density at radius 3 is 2.21 bits per heavy atom. The van der Waals surface area contributed by atoms with Gasteiger partial charge >= 0.3 is 5.97 Å². The van der Waals surface area contributed by atoms with Crippen molar-refractivity contribution in [1.29, 1.82) is 0 Å². The summed E-state index contributed by atoms with van der Waals surface area (Å²) < 4.78 is 0. The van der Waals surface area contributed by atoms with Gasteiger partial charge in [-0.25, -0.2) is 9.78 Å². The van der Waals surface area contributed by atoms with Crippen LogP contribution in [0.1, 0.15) is 71.1 Å². The van der Waals surface area contributed by atoms with E-state index in [1.165, 1.54) is 0 Å². The summed E-state index contributed by atoms with van der Waals surface area (Å²) in [5.74, 6) is 0.486. The number of rotatable bonds is 12. The lowest BCUT2D eigenvalue weighted by atomic mass is 9.87. The highest BCUT2D eigenvalue weighted by atomic mass is 17.2. The van der Waals surface area contributed by atoms with Crippen LogP contribution in [-0.4, -0.2) is 23.3 Å². The highest BCUT2D eigenvalue weighted by molar-refractivity contribution is 5.66. The van der Waals surface area contributed by atoms with Crippen LogP contribution in [0.3, 0.4) is 0 Å². The maximum atomic E-state index is 10.4. The van der Waals surface area contributed by atoms with Crippen LogP contribution < -0.4 is 0 Å². The summed E-state index contributed by atoms with van der Waals surface area (Å²) in [7, 11) is 0. The molecule has 4 atom stereocenters. The minimum Gasteiger partial charge on any atom is -0.481 e. The van der Waals surface area contributed by atoms with Crippen molar-refractivity contribution in [2.45, 2.75) is 83.3 Å². The number of allylic oxidation sites excluding steroid dienone is 4. The molecule has 2 bridgehead atoms. The topological polar surface area (TPSA) is 55.8 Å². The number of unbranched alkanes of at least 4 members (excludes halogenated alkanes) is 4. The van der Waals surface area contributed by atoms with Gasteiger partial charge in [0.25, 0.3) is 0 Å². The predicted octanol–water partition coefficient (Wildman–Crippen LogP) is 5.05. The Labute approximate surface area is 145 Å². The Balaban J connectivity index is 1.61. The first-order valence-corrected chi connectivity index (χ1v) is 9.56. The van der Waals surface area contributed by atoms with E-state index in [1.807, 2.05) is 0 Å². The molecule has 1 aliphatic carbocycles. The minimum atomic E-state index is -0.685. The molecule has 0 aromatic rings. The summed E-state index contributed by atoms with van der Waals surface area (Å²) in [6.45, 7) is 2.17. The van der Waals surface area contributed by atoms with Crippen molar-refractivity contribution >= 4 is 5.97 Å². The summed E-state index contributed by atoms with van der Waals surface area (Å²) in [6.07, 6.45) is 19.5. The van der Waals surface area contributed by atoms with Crippen LogP contribution in [0.5, 0.6) is 0 Å². The number of carbonyl (C=O) groups is 1. The largest absolute Gasteiger partial charge is 0.481 e. The fourth-order valence-electron chi connectivity index (χ4n) is 3.83. The first-order chi connectivity index (χ1) is 11.7. The van der Waals surface area contributed by atoms with Gasteiger partial charge in [-0.15, -0.1) is 0 Å². The number of fused-ring (bicyclic) bond motifs is 2. The van der Waals surface area contributed by atoms with Crippen molar-refractivity contribution in [2.75, 3.05) is 0 Å². The average molecular weight is 336 g/mol. The Hall–Kier alpha value is -1.13. The Bertz CT molecular complexity index is 429. The van der Waals surface area contributed by atoms with Gasteiger partial charge in [-0.1, -0.05) is 44.1 Å². The fraction of sp³-hybridized carbons (Fsp3) is 0.750. The summed E-state index contributed by atoms with van der Waals surface area (Å²) >= 11 is 0. The fourth-order valence-corrected chi connectivity index (χ4v) is 3.83. The third kappa shape index (κ3) is 6.06. The maximum absolute atomic E-state index is 10.4. The van der Waals surface area contributed by atoms with Crippen LogP contribution in [0.15, 0.2) is 24.3 Å². The molecule has 4 nitrogen and oxygen atoms in total. The summed E-state index contributed by atoms with van der Waals surface area (Å²) in [5.41, 5.74) is 0. The molecule has 2 rings (SSSR count). The molecular weight excluding hydrogens is 304 g/mol. The van der Waals surface area contributed by atoms with E-state index >= 15 is 0 Å². The standard InChI is InChI=1S/C20H32O4/c1-2-3-9-12-16-17(19-15-18(16)23-24-19)13-10-7-5-4-6-8-11-14-20(21)22/h3,7,9-10,16-19H,2,4-6,8,11-15H2,1H3,(H,21,22)/t16-,17-,18+,19+/m0/s1. The van der Waals surface area contributed by atoms with E-state index in [0.717, 1.165) is 57.8 Å². The average Bonchev–Trinajstić information content (AvgIpc) is 3.15. The minimum absolute atomic E-state index is 0.274. The van der Waals surface area contributed by atoms with Crippen molar-refractivity contribution in [3.8, 4) is 0 Å². The molecule has 1 aliphatic heterocycles. The third-order valence-corrected chi connectivity index (χ3v) is 5.17. The van der Waals surface area contributed by atoms with E-state index in [4.69, 9.17) is 14.9 Å². The van der Waals surface area contributed by atoms with Crippen LogP contribution in [0, 0.1) is 11.8 Å². The van der Waals surface area contributed by atoms with Crippen LogP contribution >= 0.6 is 0 Å². The lowest BCUT2D eigenvalue weighted by Gasteiger charge is -2.28. The van der Waals surface area contributed by atoms with E-state index < -0.39 is 5.97 Å². The molecule has 0 aromatic heterocycles. The Kier molecular flexibility index (Phi) is 8.54. The lowest BCUT2D eigenvalue weighted by Crippen LogP contribution is -2.29. The molecule has 1 saturated carbocycles. The van der Waals surface area contributed by atoms with Crippen molar-refractivity contribution in [2.24, 2.45) is 11.8 Å². The van der Waals surface area contributed by atoms with Gasteiger partial charge in [0.05, 0.1) is 12.2 Å². The second-order valence-electron chi connectivity index (χ2n) is 7.00. The zero-order valence-electron chi connectivity index (χ0n) is 14.9. The highest BCUT2D eigenvalue weighted by Crippen LogP contribution is 2.45. The molecule has 136 valence electrons. The Morgan fingerprint density at radius 2 is 1.58 bits per heavy atom. The zero-order chi connectivity index (χ0) is 17.2. The number of aliphatic carboxylic acids is 1. The molecule has 24 heavy (non-hydrogen) atoms. The molecule has 0 spiro atoms. The van der Waals surface area contributed by atoms with Crippen LogP contribution in [0.2, 0.25) is 0 Å². The van der Waals surface area contributed by atoms with Crippen LogP contribution in [-0.2, 0) is 14.6 Å². The molecule has 1 heterocycles. The van der Waals surface area contributed by atoms with Crippen molar-refractivity contribution in [3.63, 3.8) is 0 Å². The molecular formula is C20H32O4. The lowest BCUT2D eigenvalue weighted by molar-refractivity contribution is -0.340. The molecule has 0 aromatic carbocycles. The molecule has 0 unspecified atom stereocenters. The van der Waals surface area contributed by atoms with Crippen LogP contribution in [0.4, 0.5) is 0 Å². The maximum Gasteiger partial charge on any atom is 0.303 e. The molecule has 4 heteroatoms. The molecule has 1 saturated heterocycles. The monoisotopic (exact) mass is 336 g/mol. The Morgan fingerprint density at radius 1 is 0.958 bits per heavy atom. The van der Waals surface area contributed by atoms with Gasteiger partial charge in [-0.2, -0.15) is 0 Å². The van der Waals surface area contributed by atoms with E-state index in [2.05, 4.69) is 31.2 Å². The normalized spacial score (nSPS) is 29.2. The number of hydrogen-bond donors (Lipinski definition) is 1. The van der Waals surface area contributed by atoms with Crippen molar-refractivity contribution < 1.29 is 19.7 Å². The first-order valence-electron chi connectivity index (χ1n) is 9.56. The second kappa shape index (κ2) is 10.7. The number of hydrogen-bond acceptors (Lipinski definition) is 3. The van der Waals surface area contributed by atoms with Gasteiger partial charge in [0.15, 0.2) is 0 Å². The summed E-state index contributed by atoms with van der Waals surface area (Å²) in [4.78, 5) is 21.3. The predicted molar refractivity (Wildman–Crippen MR) is 94.5 cm³/mol. The first kappa shape index (κ1) is 19.2. The van der Waals surface area contributed by atoms with Gasteiger partial charge in [0, 0.05) is 12.8 Å².